The van der Waals surface area contributed by atoms with Gasteiger partial charge in [-0.2, -0.15) is 0 Å². The first-order chi connectivity index (χ1) is 5.36. The van der Waals surface area contributed by atoms with Crippen molar-refractivity contribution in [2.24, 2.45) is 11.5 Å². The van der Waals surface area contributed by atoms with E-state index >= 15 is 0 Å². The van der Waals surface area contributed by atoms with Crippen LogP contribution in [-0.2, 0) is 4.79 Å². The summed E-state index contributed by atoms with van der Waals surface area (Å²) >= 11 is 0. The topological polar surface area (TPSA) is 92.7 Å². The summed E-state index contributed by atoms with van der Waals surface area (Å²) in [4.78, 5) is 24.6. The standard InChI is InChI=1S/C6H12N4O2/c1-9-3-6(7,8)4(11)10(2)5(9)12/h3,7-8H2,1-2H3. The van der Waals surface area contributed by atoms with Crippen LogP contribution in [0.1, 0.15) is 0 Å². The Hall–Kier alpha value is -1.14. The SMILES string of the molecule is CN1CC(N)(N)C(=O)N(C)C1=O. The van der Waals surface area contributed by atoms with Crippen molar-refractivity contribution in [3.05, 3.63) is 0 Å². The summed E-state index contributed by atoms with van der Waals surface area (Å²) in [6.45, 7) is 0.0506. The van der Waals surface area contributed by atoms with Crippen molar-refractivity contribution in [3.8, 4) is 0 Å². The monoisotopic (exact) mass is 172 g/mol. The molecule has 6 heteroatoms. The number of hydrogen-bond donors (Lipinski definition) is 2. The van der Waals surface area contributed by atoms with Crippen LogP contribution >= 0.6 is 0 Å². The summed E-state index contributed by atoms with van der Waals surface area (Å²) in [5.74, 6) is -0.550. The smallest absolute Gasteiger partial charge is 0.324 e. The lowest BCUT2D eigenvalue weighted by Crippen LogP contribution is -2.72. The highest BCUT2D eigenvalue weighted by atomic mass is 16.2. The van der Waals surface area contributed by atoms with Gasteiger partial charge in [0.15, 0.2) is 5.66 Å². The lowest BCUT2D eigenvalue weighted by Gasteiger charge is -2.38. The second-order valence-corrected chi connectivity index (χ2v) is 3.04. The van der Waals surface area contributed by atoms with Crippen molar-refractivity contribution in [3.63, 3.8) is 0 Å². The average molecular weight is 172 g/mol. The van der Waals surface area contributed by atoms with Crippen LogP contribution in [0.5, 0.6) is 0 Å². The van der Waals surface area contributed by atoms with E-state index in [0.29, 0.717) is 0 Å². The zero-order chi connectivity index (χ0) is 9.52. The van der Waals surface area contributed by atoms with E-state index in [1.165, 1.54) is 11.9 Å². The van der Waals surface area contributed by atoms with Gasteiger partial charge in [-0.15, -0.1) is 0 Å². The van der Waals surface area contributed by atoms with E-state index in [1.54, 1.807) is 7.05 Å². The van der Waals surface area contributed by atoms with Gasteiger partial charge in [0.1, 0.15) is 0 Å². The Balaban J connectivity index is 2.93. The Bertz CT molecular complexity index is 238. The predicted molar refractivity (Wildman–Crippen MR) is 41.9 cm³/mol. The van der Waals surface area contributed by atoms with Gasteiger partial charge in [-0.1, -0.05) is 0 Å². The molecule has 0 aliphatic carbocycles. The van der Waals surface area contributed by atoms with Crippen LogP contribution in [0, 0.1) is 0 Å². The van der Waals surface area contributed by atoms with E-state index in [9.17, 15) is 9.59 Å². The van der Waals surface area contributed by atoms with E-state index in [1.807, 2.05) is 0 Å². The van der Waals surface area contributed by atoms with Crippen LogP contribution in [-0.4, -0.2) is 48.0 Å². The molecule has 0 spiro atoms. The molecule has 1 aliphatic rings. The maximum atomic E-state index is 11.2. The molecule has 68 valence electrons. The summed E-state index contributed by atoms with van der Waals surface area (Å²) in [6.07, 6.45) is 0. The van der Waals surface area contributed by atoms with Gasteiger partial charge in [0.05, 0.1) is 6.54 Å². The third kappa shape index (κ3) is 1.15. The van der Waals surface area contributed by atoms with Crippen LogP contribution in [0.3, 0.4) is 0 Å². The quantitative estimate of drug-likeness (QED) is 0.418. The minimum absolute atomic E-state index is 0.0506. The van der Waals surface area contributed by atoms with Gasteiger partial charge in [0, 0.05) is 14.1 Å². The number of carbonyl (C=O) groups is 2. The number of nitrogens with two attached hydrogens (primary N) is 2. The first kappa shape index (κ1) is 8.95. The molecule has 3 amide bonds. The zero-order valence-electron chi connectivity index (χ0n) is 7.07. The minimum Gasteiger partial charge on any atom is -0.324 e. The molecule has 0 aromatic rings. The molecule has 1 saturated heterocycles. The minimum atomic E-state index is -1.45. The highest BCUT2D eigenvalue weighted by Gasteiger charge is 2.42. The van der Waals surface area contributed by atoms with E-state index < -0.39 is 11.6 Å². The first-order valence-corrected chi connectivity index (χ1v) is 3.47. The van der Waals surface area contributed by atoms with E-state index in [2.05, 4.69) is 0 Å². The third-order valence-electron chi connectivity index (χ3n) is 1.82. The molecule has 1 rings (SSSR count). The van der Waals surface area contributed by atoms with Gasteiger partial charge in [-0.25, -0.2) is 4.79 Å². The van der Waals surface area contributed by atoms with Crippen molar-refractivity contribution in [2.75, 3.05) is 20.6 Å². The predicted octanol–water partition coefficient (Wildman–Crippen LogP) is -1.88. The van der Waals surface area contributed by atoms with Gasteiger partial charge in [-0.05, 0) is 0 Å². The molecule has 1 heterocycles. The molecule has 0 saturated carbocycles. The molecule has 0 aromatic heterocycles. The highest BCUT2D eigenvalue weighted by molar-refractivity contribution is 6.01. The molecule has 12 heavy (non-hydrogen) atoms. The van der Waals surface area contributed by atoms with Gasteiger partial charge >= 0.3 is 6.03 Å². The number of likely N-dealkylation sites (N-methyl/N-ethyl adjacent to an activating group) is 2. The van der Waals surface area contributed by atoms with Crippen LogP contribution in [0.25, 0.3) is 0 Å². The summed E-state index contributed by atoms with van der Waals surface area (Å²) in [7, 11) is 2.90. The maximum Gasteiger partial charge on any atom is 0.326 e. The lowest BCUT2D eigenvalue weighted by molar-refractivity contribution is -0.136. The van der Waals surface area contributed by atoms with Crippen LogP contribution < -0.4 is 11.5 Å². The third-order valence-corrected chi connectivity index (χ3v) is 1.82. The average Bonchev–Trinajstić information content (AvgIpc) is 1.97. The molecule has 0 atom stereocenters. The largest absolute Gasteiger partial charge is 0.326 e. The Morgan fingerprint density at radius 3 is 2.33 bits per heavy atom. The van der Waals surface area contributed by atoms with Gasteiger partial charge in [0.2, 0.25) is 0 Å². The lowest BCUT2D eigenvalue weighted by atomic mass is 10.1. The van der Waals surface area contributed by atoms with Crippen LogP contribution in [0.4, 0.5) is 4.79 Å². The number of imide groups is 1. The summed E-state index contributed by atoms with van der Waals surface area (Å²) in [6, 6.07) is -0.383. The Kier molecular flexibility index (Phi) is 1.81. The van der Waals surface area contributed by atoms with Crippen molar-refractivity contribution >= 4 is 11.9 Å². The molecule has 1 fully saturated rings. The van der Waals surface area contributed by atoms with Crippen molar-refractivity contribution < 1.29 is 9.59 Å². The van der Waals surface area contributed by atoms with Crippen LogP contribution in [0.15, 0.2) is 0 Å². The van der Waals surface area contributed by atoms with Gasteiger partial charge < -0.3 is 16.4 Å². The normalized spacial score (nSPS) is 23.3. The number of amides is 3. The molecule has 0 aromatic carbocycles. The second kappa shape index (κ2) is 2.43. The fourth-order valence-corrected chi connectivity index (χ4v) is 1.18. The molecular weight excluding hydrogens is 160 g/mol. The summed E-state index contributed by atoms with van der Waals surface area (Å²) in [5, 5.41) is 0. The van der Waals surface area contributed by atoms with Crippen LogP contribution in [0.2, 0.25) is 0 Å². The van der Waals surface area contributed by atoms with Gasteiger partial charge in [0.25, 0.3) is 5.91 Å². The fraction of sp³-hybridized carbons (Fsp3) is 0.667. The number of urea groups is 1. The summed E-state index contributed by atoms with van der Waals surface area (Å²) < 4.78 is 0. The molecule has 0 unspecified atom stereocenters. The Morgan fingerprint density at radius 2 is 1.83 bits per heavy atom. The van der Waals surface area contributed by atoms with Crippen molar-refractivity contribution in [1.82, 2.24) is 9.80 Å². The van der Waals surface area contributed by atoms with Crippen molar-refractivity contribution in [1.29, 1.82) is 0 Å². The zero-order valence-corrected chi connectivity index (χ0v) is 7.07. The maximum absolute atomic E-state index is 11.2. The fourth-order valence-electron chi connectivity index (χ4n) is 1.18. The van der Waals surface area contributed by atoms with Crippen molar-refractivity contribution in [2.45, 2.75) is 5.66 Å². The molecule has 4 N–H and O–H groups in total. The number of hydrogen-bond acceptors (Lipinski definition) is 4. The number of nitrogens with zero attached hydrogens (tertiary/aromatic N) is 2. The van der Waals surface area contributed by atoms with Gasteiger partial charge in [-0.3, -0.25) is 9.69 Å². The first-order valence-electron chi connectivity index (χ1n) is 3.47. The molecule has 0 bridgehead atoms. The Morgan fingerprint density at radius 1 is 1.33 bits per heavy atom. The van der Waals surface area contributed by atoms with E-state index in [-0.39, 0.29) is 12.6 Å². The molecule has 1 aliphatic heterocycles. The second-order valence-electron chi connectivity index (χ2n) is 3.04. The highest BCUT2D eigenvalue weighted by Crippen LogP contribution is 2.09. The molecular formula is C6H12N4O2. The van der Waals surface area contributed by atoms with E-state index in [0.717, 1.165) is 4.90 Å². The van der Waals surface area contributed by atoms with E-state index in [4.69, 9.17) is 11.5 Å². The Labute approximate surface area is 70.1 Å². The number of rotatable bonds is 0. The summed E-state index contributed by atoms with van der Waals surface area (Å²) in [5.41, 5.74) is 9.47. The number of carbonyl (C=O) groups excluding carboxylic acids is 2. The molecule has 0 radical (unpaired) electrons. The molecule has 6 nitrogen and oxygen atoms in total.